The van der Waals surface area contributed by atoms with Gasteiger partial charge in [-0.2, -0.15) is 0 Å². The fourth-order valence-corrected chi connectivity index (χ4v) is 2.48. The van der Waals surface area contributed by atoms with Gasteiger partial charge < -0.3 is 15.2 Å². The first-order valence-corrected chi connectivity index (χ1v) is 7.23. The van der Waals surface area contributed by atoms with Crippen LogP contribution >= 0.6 is 0 Å². The van der Waals surface area contributed by atoms with Crippen LogP contribution in [-0.2, 0) is 9.59 Å². The Morgan fingerprint density at radius 2 is 2.00 bits per heavy atom. The summed E-state index contributed by atoms with van der Waals surface area (Å²) in [6.45, 7) is 4.51. The molecule has 1 aromatic carbocycles. The van der Waals surface area contributed by atoms with E-state index in [1.807, 2.05) is 26.0 Å². The second kappa shape index (κ2) is 6.61. The molecule has 0 spiro atoms. The molecule has 2 rings (SSSR count). The Labute approximate surface area is 124 Å². The summed E-state index contributed by atoms with van der Waals surface area (Å²) < 4.78 is 5.69. The number of carbonyl (C=O) groups excluding carboxylic acids is 1. The lowest BCUT2D eigenvalue weighted by Crippen LogP contribution is -2.29. The van der Waals surface area contributed by atoms with E-state index >= 15 is 0 Å². The minimum absolute atomic E-state index is 0.0555. The van der Waals surface area contributed by atoms with Gasteiger partial charge >= 0.3 is 5.97 Å². The fourth-order valence-electron chi connectivity index (χ4n) is 2.48. The third-order valence-electron chi connectivity index (χ3n) is 3.86. The van der Waals surface area contributed by atoms with E-state index in [1.165, 1.54) is 5.56 Å². The molecule has 1 aliphatic heterocycles. The average Bonchev–Trinajstić information content (AvgIpc) is 2.82. The van der Waals surface area contributed by atoms with E-state index in [-0.39, 0.29) is 18.4 Å². The van der Waals surface area contributed by atoms with Crippen LogP contribution in [0.4, 0.5) is 0 Å². The van der Waals surface area contributed by atoms with Crippen molar-refractivity contribution in [3.63, 3.8) is 0 Å². The smallest absolute Gasteiger partial charge is 0.303 e. The topological polar surface area (TPSA) is 75.6 Å². The predicted octanol–water partition coefficient (Wildman–Crippen LogP) is 2.50. The number of aliphatic carboxylic acids is 1. The molecule has 114 valence electrons. The number of unbranched alkanes of at least 4 members (excludes halogenated alkanes) is 1. The van der Waals surface area contributed by atoms with E-state index in [0.29, 0.717) is 25.9 Å². The Balaban J connectivity index is 1.87. The largest absolute Gasteiger partial charge is 0.490 e. The summed E-state index contributed by atoms with van der Waals surface area (Å²) in [4.78, 5) is 22.3. The summed E-state index contributed by atoms with van der Waals surface area (Å²) in [5.74, 6) is 0.00520. The van der Waals surface area contributed by atoms with Crippen molar-refractivity contribution in [1.82, 2.24) is 5.32 Å². The van der Waals surface area contributed by atoms with Gasteiger partial charge in [0, 0.05) is 18.4 Å². The summed E-state index contributed by atoms with van der Waals surface area (Å²) >= 11 is 0. The van der Waals surface area contributed by atoms with Crippen LogP contribution in [0.25, 0.3) is 0 Å². The van der Waals surface area contributed by atoms with Gasteiger partial charge in [-0.15, -0.1) is 0 Å². The molecule has 0 saturated heterocycles. The molecule has 1 unspecified atom stereocenters. The quantitative estimate of drug-likeness (QED) is 0.790. The fraction of sp³-hybridized carbons (Fsp3) is 0.500. The van der Waals surface area contributed by atoms with Crippen molar-refractivity contribution in [2.75, 3.05) is 6.61 Å². The number of benzene rings is 1. The van der Waals surface area contributed by atoms with Crippen LogP contribution in [0.5, 0.6) is 5.75 Å². The number of carbonyl (C=O) groups is 2. The van der Waals surface area contributed by atoms with Crippen LogP contribution in [0.15, 0.2) is 12.1 Å². The molecule has 0 aromatic heterocycles. The molecule has 1 amide bonds. The van der Waals surface area contributed by atoms with E-state index in [4.69, 9.17) is 9.84 Å². The maximum atomic E-state index is 11.9. The summed E-state index contributed by atoms with van der Waals surface area (Å²) in [6.07, 6.45) is 1.58. The number of hydrogen-bond donors (Lipinski definition) is 2. The van der Waals surface area contributed by atoms with Crippen LogP contribution < -0.4 is 10.1 Å². The van der Waals surface area contributed by atoms with Crippen LogP contribution in [-0.4, -0.2) is 23.6 Å². The molecule has 0 saturated carbocycles. The van der Waals surface area contributed by atoms with Gasteiger partial charge in [0.25, 0.3) is 0 Å². The third-order valence-corrected chi connectivity index (χ3v) is 3.86. The molecule has 0 fully saturated rings. The second-order valence-corrected chi connectivity index (χ2v) is 5.46. The number of aryl methyl sites for hydroxylation is 1. The molecule has 0 aliphatic carbocycles. The Bertz CT molecular complexity index is 553. The maximum absolute atomic E-state index is 11.9. The van der Waals surface area contributed by atoms with E-state index in [2.05, 4.69) is 5.32 Å². The first-order valence-electron chi connectivity index (χ1n) is 7.23. The molecule has 1 aromatic rings. The van der Waals surface area contributed by atoms with Crippen molar-refractivity contribution in [2.24, 2.45) is 0 Å². The van der Waals surface area contributed by atoms with Crippen molar-refractivity contribution in [3.8, 4) is 5.75 Å². The van der Waals surface area contributed by atoms with Gasteiger partial charge in [0.15, 0.2) is 0 Å². The summed E-state index contributed by atoms with van der Waals surface area (Å²) in [7, 11) is 0. The van der Waals surface area contributed by atoms with E-state index < -0.39 is 5.97 Å². The highest BCUT2D eigenvalue weighted by Gasteiger charge is 2.27. The molecular weight excluding hydrogens is 270 g/mol. The zero-order chi connectivity index (χ0) is 15.4. The minimum atomic E-state index is -0.820. The van der Waals surface area contributed by atoms with Gasteiger partial charge in [0.05, 0.1) is 6.04 Å². The van der Waals surface area contributed by atoms with E-state index in [0.717, 1.165) is 16.9 Å². The Kier molecular flexibility index (Phi) is 4.83. The van der Waals surface area contributed by atoms with Gasteiger partial charge in [0.1, 0.15) is 12.4 Å². The SMILES string of the molecule is Cc1ccc2c(c1C)OCC2NC(=O)CCCCC(=O)O. The number of carboxylic acids is 1. The summed E-state index contributed by atoms with van der Waals surface area (Å²) in [6, 6.07) is 3.93. The molecule has 21 heavy (non-hydrogen) atoms. The zero-order valence-electron chi connectivity index (χ0n) is 12.4. The van der Waals surface area contributed by atoms with Crippen LogP contribution in [0.3, 0.4) is 0 Å². The number of fused-ring (bicyclic) bond motifs is 1. The molecule has 1 atom stereocenters. The first kappa shape index (κ1) is 15.4. The number of ether oxygens (including phenoxy) is 1. The monoisotopic (exact) mass is 291 g/mol. The van der Waals surface area contributed by atoms with Gasteiger partial charge in [-0.25, -0.2) is 0 Å². The van der Waals surface area contributed by atoms with Gasteiger partial charge in [-0.05, 0) is 37.8 Å². The van der Waals surface area contributed by atoms with E-state index in [9.17, 15) is 9.59 Å². The molecule has 2 N–H and O–H groups in total. The van der Waals surface area contributed by atoms with Crippen LogP contribution in [0.1, 0.15) is 48.4 Å². The molecule has 5 nitrogen and oxygen atoms in total. The zero-order valence-corrected chi connectivity index (χ0v) is 12.4. The molecule has 0 bridgehead atoms. The number of amides is 1. The minimum Gasteiger partial charge on any atom is -0.490 e. The Morgan fingerprint density at radius 3 is 2.71 bits per heavy atom. The standard InChI is InChI=1S/C16H21NO4/c1-10-7-8-12-13(9-21-16(12)11(10)2)17-14(18)5-3-4-6-15(19)20/h7-8,13H,3-6,9H2,1-2H3,(H,17,18)(H,19,20). The predicted molar refractivity (Wildman–Crippen MR) is 78.4 cm³/mol. The summed E-state index contributed by atoms with van der Waals surface area (Å²) in [5, 5.41) is 11.5. The third kappa shape index (κ3) is 3.74. The molecule has 0 radical (unpaired) electrons. The van der Waals surface area contributed by atoms with Gasteiger partial charge in [0.2, 0.25) is 5.91 Å². The lowest BCUT2D eigenvalue weighted by molar-refractivity contribution is -0.137. The number of hydrogen-bond acceptors (Lipinski definition) is 3. The number of nitrogens with one attached hydrogen (secondary N) is 1. The lowest BCUT2D eigenvalue weighted by Gasteiger charge is -2.12. The highest BCUT2D eigenvalue weighted by Crippen LogP contribution is 2.36. The maximum Gasteiger partial charge on any atom is 0.303 e. The van der Waals surface area contributed by atoms with Crippen molar-refractivity contribution < 1.29 is 19.4 Å². The van der Waals surface area contributed by atoms with Crippen LogP contribution in [0, 0.1) is 13.8 Å². The Hall–Kier alpha value is -2.04. The van der Waals surface area contributed by atoms with Gasteiger partial charge in [-0.1, -0.05) is 12.1 Å². The molecule has 1 heterocycles. The molecule has 5 heteroatoms. The lowest BCUT2D eigenvalue weighted by atomic mass is 10.0. The normalized spacial score (nSPS) is 16.2. The van der Waals surface area contributed by atoms with Gasteiger partial charge in [-0.3, -0.25) is 9.59 Å². The molecule has 1 aliphatic rings. The van der Waals surface area contributed by atoms with Crippen molar-refractivity contribution >= 4 is 11.9 Å². The molecular formula is C16H21NO4. The van der Waals surface area contributed by atoms with Crippen molar-refractivity contribution in [2.45, 2.75) is 45.6 Å². The average molecular weight is 291 g/mol. The highest BCUT2D eigenvalue weighted by molar-refractivity contribution is 5.77. The number of carboxylic acid groups (broad SMARTS) is 1. The van der Waals surface area contributed by atoms with Crippen molar-refractivity contribution in [1.29, 1.82) is 0 Å². The van der Waals surface area contributed by atoms with Crippen molar-refractivity contribution in [3.05, 3.63) is 28.8 Å². The van der Waals surface area contributed by atoms with Crippen LogP contribution in [0.2, 0.25) is 0 Å². The Morgan fingerprint density at radius 1 is 1.29 bits per heavy atom. The summed E-state index contributed by atoms with van der Waals surface area (Å²) in [5.41, 5.74) is 3.32. The second-order valence-electron chi connectivity index (χ2n) is 5.46. The first-order chi connectivity index (χ1) is 9.99. The highest BCUT2D eigenvalue weighted by atomic mass is 16.5. The number of rotatable bonds is 6. The van der Waals surface area contributed by atoms with E-state index in [1.54, 1.807) is 0 Å².